The van der Waals surface area contributed by atoms with Gasteiger partial charge in [0.15, 0.2) is 0 Å². The van der Waals surface area contributed by atoms with Crippen LogP contribution in [0.15, 0.2) is 35.3 Å². The smallest absolute Gasteiger partial charge is 0.287 e. The maximum absolute atomic E-state index is 11.7. The van der Waals surface area contributed by atoms with E-state index in [9.17, 15) is 4.79 Å². The fraction of sp³-hybridized carbons (Fsp3) is 0.375. The Kier molecular flexibility index (Phi) is 2.82. The van der Waals surface area contributed by atoms with Gasteiger partial charge in [-0.3, -0.25) is 4.79 Å². The zero-order valence-corrected chi connectivity index (χ0v) is 12.5. The molecular formula is C16H16ClN3O. The largest absolute Gasteiger partial charge is 0.382 e. The van der Waals surface area contributed by atoms with Gasteiger partial charge in [0.1, 0.15) is 5.02 Å². The number of aromatic nitrogens is 2. The highest BCUT2D eigenvalue weighted by Gasteiger charge is 2.54. The first-order valence-corrected chi connectivity index (χ1v) is 7.58. The molecule has 1 fully saturated rings. The van der Waals surface area contributed by atoms with Crippen molar-refractivity contribution in [3.8, 4) is 0 Å². The Morgan fingerprint density at radius 3 is 3.10 bits per heavy atom. The van der Waals surface area contributed by atoms with Gasteiger partial charge in [0.05, 0.1) is 11.9 Å². The minimum absolute atomic E-state index is 0.221. The fourth-order valence-electron chi connectivity index (χ4n) is 3.62. The SMILES string of the molecule is Cn1ncc(NCC2C3Cc4ccccc4C23)c(Cl)c1=O. The molecule has 1 N–H and O–H groups in total. The Labute approximate surface area is 127 Å². The molecule has 1 aromatic heterocycles. The van der Waals surface area contributed by atoms with Crippen LogP contribution in [0.1, 0.15) is 17.0 Å². The highest BCUT2D eigenvalue weighted by atomic mass is 35.5. The van der Waals surface area contributed by atoms with E-state index >= 15 is 0 Å². The van der Waals surface area contributed by atoms with Crippen molar-refractivity contribution in [2.75, 3.05) is 11.9 Å². The van der Waals surface area contributed by atoms with Crippen molar-refractivity contribution < 1.29 is 0 Å². The fourth-order valence-corrected chi connectivity index (χ4v) is 3.86. The summed E-state index contributed by atoms with van der Waals surface area (Å²) in [7, 11) is 1.60. The third kappa shape index (κ3) is 1.97. The number of halogens is 1. The Morgan fingerprint density at radius 2 is 2.24 bits per heavy atom. The molecule has 3 atom stereocenters. The summed E-state index contributed by atoms with van der Waals surface area (Å²) in [6.07, 6.45) is 2.80. The summed E-state index contributed by atoms with van der Waals surface area (Å²) in [5, 5.41) is 7.52. The van der Waals surface area contributed by atoms with E-state index in [1.54, 1.807) is 13.2 Å². The zero-order chi connectivity index (χ0) is 14.6. The van der Waals surface area contributed by atoms with Crippen molar-refractivity contribution in [2.24, 2.45) is 18.9 Å². The number of aryl methyl sites for hydroxylation is 1. The second-order valence-corrected chi connectivity index (χ2v) is 6.32. The van der Waals surface area contributed by atoms with Crippen molar-refractivity contribution in [1.29, 1.82) is 0 Å². The molecule has 0 amide bonds. The number of anilines is 1. The predicted molar refractivity (Wildman–Crippen MR) is 82.8 cm³/mol. The van der Waals surface area contributed by atoms with Gasteiger partial charge in [-0.1, -0.05) is 35.9 Å². The van der Waals surface area contributed by atoms with Crippen LogP contribution in [-0.4, -0.2) is 16.3 Å². The number of hydrogen-bond donors (Lipinski definition) is 1. The predicted octanol–water partition coefficient (Wildman–Crippen LogP) is 2.43. The Hall–Kier alpha value is -1.81. The number of nitrogens with one attached hydrogen (secondary N) is 1. The molecule has 4 nitrogen and oxygen atoms in total. The van der Waals surface area contributed by atoms with Crippen LogP contribution in [0.25, 0.3) is 0 Å². The second kappa shape index (κ2) is 4.60. The Balaban J connectivity index is 1.47. The molecule has 21 heavy (non-hydrogen) atoms. The summed E-state index contributed by atoms with van der Waals surface area (Å²) in [5.41, 5.74) is 3.38. The molecule has 0 saturated heterocycles. The zero-order valence-electron chi connectivity index (χ0n) is 11.7. The van der Waals surface area contributed by atoms with Crippen molar-refractivity contribution in [3.63, 3.8) is 0 Å². The molecule has 0 aliphatic heterocycles. The molecule has 0 spiro atoms. The highest BCUT2D eigenvalue weighted by Crippen LogP contribution is 2.61. The average Bonchev–Trinajstić information content (AvgIpc) is 3.02. The van der Waals surface area contributed by atoms with E-state index in [0.29, 0.717) is 17.5 Å². The summed E-state index contributed by atoms with van der Waals surface area (Å²) < 4.78 is 1.25. The molecule has 108 valence electrons. The summed E-state index contributed by atoms with van der Waals surface area (Å²) in [4.78, 5) is 11.7. The van der Waals surface area contributed by atoms with Crippen LogP contribution in [0.5, 0.6) is 0 Å². The van der Waals surface area contributed by atoms with E-state index in [1.165, 1.54) is 22.2 Å². The van der Waals surface area contributed by atoms with Crippen LogP contribution in [-0.2, 0) is 13.5 Å². The lowest BCUT2D eigenvalue weighted by Crippen LogP contribution is -2.21. The molecular weight excluding hydrogens is 286 g/mol. The van der Waals surface area contributed by atoms with Gasteiger partial charge < -0.3 is 5.32 Å². The van der Waals surface area contributed by atoms with Crippen LogP contribution in [0.2, 0.25) is 5.02 Å². The average molecular weight is 302 g/mol. The van der Waals surface area contributed by atoms with Crippen LogP contribution in [0, 0.1) is 11.8 Å². The maximum Gasteiger partial charge on any atom is 0.287 e. The Bertz CT molecular complexity index is 770. The molecule has 0 radical (unpaired) electrons. The van der Waals surface area contributed by atoms with Crippen LogP contribution >= 0.6 is 11.6 Å². The van der Waals surface area contributed by atoms with Crippen LogP contribution < -0.4 is 10.9 Å². The van der Waals surface area contributed by atoms with Gasteiger partial charge in [-0.25, -0.2) is 4.68 Å². The topological polar surface area (TPSA) is 46.9 Å². The second-order valence-electron chi connectivity index (χ2n) is 5.94. The molecule has 3 unspecified atom stereocenters. The molecule has 1 saturated carbocycles. The monoisotopic (exact) mass is 301 g/mol. The number of fused-ring (bicyclic) bond motifs is 3. The first-order valence-electron chi connectivity index (χ1n) is 7.20. The number of rotatable bonds is 3. The van der Waals surface area contributed by atoms with Crippen molar-refractivity contribution in [3.05, 3.63) is 57.0 Å². The number of hydrogen-bond acceptors (Lipinski definition) is 3. The molecule has 4 rings (SSSR count). The van der Waals surface area contributed by atoms with Crippen molar-refractivity contribution in [1.82, 2.24) is 9.78 Å². The first-order chi connectivity index (χ1) is 10.2. The molecule has 5 heteroatoms. The van der Waals surface area contributed by atoms with Gasteiger partial charge in [0.2, 0.25) is 0 Å². The lowest BCUT2D eigenvalue weighted by molar-refractivity contribution is 0.700. The Morgan fingerprint density at radius 1 is 1.43 bits per heavy atom. The van der Waals surface area contributed by atoms with E-state index in [2.05, 4.69) is 34.7 Å². The van der Waals surface area contributed by atoms with E-state index in [-0.39, 0.29) is 10.6 Å². The molecule has 2 aromatic rings. The summed E-state index contributed by atoms with van der Waals surface area (Å²) in [6, 6.07) is 8.70. The number of benzene rings is 1. The van der Waals surface area contributed by atoms with Crippen molar-refractivity contribution >= 4 is 17.3 Å². The molecule has 0 bridgehead atoms. The third-order valence-electron chi connectivity index (χ3n) is 4.81. The van der Waals surface area contributed by atoms with Gasteiger partial charge >= 0.3 is 0 Å². The quantitative estimate of drug-likeness (QED) is 0.947. The van der Waals surface area contributed by atoms with E-state index in [4.69, 9.17) is 11.6 Å². The van der Waals surface area contributed by atoms with Gasteiger partial charge in [-0.2, -0.15) is 5.10 Å². The minimum atomic E-state index is -0.261. The molecule has 1 heterocycles. The van der Waals surface area contributed by atoms with Crippen LogP contribution in [0.4, 0.5) is 5.69 Å². The van der Waals surface area contributed by atoms with Gasteiger partial charge in [0.25, 0.3) is 5.56 Å². The van der Waals surface area contributed by atoms with E-state index in [1.807, 2.05) is 0 Å². The lowest BCUT2D eigenvalue weighted by Gasteiger charge is -2.10. The van der Waals surface area contributed by atoms with E-state index < -0.39 is 0 Å². The lowest BCUT2D eigenvalue weighted by atomic mass is 10.0. The van der Waals surface area contributed by atoms with Crippen molar-refractivity contribution in [2.45, 2.75) is 12.3 Å². The van der Waals surface area contributed by atoms with Gasteiger partial charge in [0, 0.05) is 13.6 Å². The molecule has 2 aliphatic rings. The molecule has 2 aliphatic carbocycles. The summed E-state index contributed by atoms with van der Waals surface area (Å²) >= 11 is 6.07. The first kappa shape index (κ1) is 12.9. The maximum atomic E-state index is 11.7. The summed E-state index contributed by atoms with van der Waals surface area (Å²) in [6.45, 7) is 0.845. The normalized spacial score (nSPS) is 25.3. The minimum Gasteiger partial charge on any atom is -0.382 e. The van der Waals surface area contributed by atoms with Gasteiger partial charge in [-0.15, -0.1) is 0 Å². The van der Waals surface area contributed by atoms with Gasteiger partial charge in [-0.05, 0) is 35.3 Å². The standard InChI is InChI=1S/C16H16ClN3O/c1-20-16(21)15(17)13(8-19-20)18-7-12-11-6-9-4-2-3-5-10(9)14(11)12/h2-5,8,11-12,14,18H,6-7H2,1H3. The number of nitrogens with zero attached hydrogens (tertiary/aromatic N) is 2. The van der Waals surface area contributed by atoms with E-state index in [0.717, 1.165) is 12.5 Å². The summed E-state index contributed by atoms with van der Waals surface area (Å²) in [5.74, 6) is 2.06. The third-order valence-corrected chi connectivity index (χ3v) is 5.17. The van der Waals surface area contributed by atoms with Crippen LogP contribution in [0.3, 0.4) is 0 Å². The highest BCUT2D eigenvalue weighted by molar-refractivity contribution is 6.32. The molecule has 1 aromatic carbocycles.